The maximum Gasteiger partial charge on any atom is 0.164 e. The average molecular weight is 182 g/mol. The van der Waals surface area contributed by atoms with E-state index in [1.165, 1.54) is 0 Å². The molecule has 0 atom stereocenters. The Labute approximate surface area is 82.2 Å². The summed E-state index contributed by atoms with van der Waals surface area (Å²) >= 11 is 0. The van der Waals surface area contributed by atoms with Gasteiger partial charge in [-0.3, -0.25) is 4.79 Å². The van der Waals surface area contributed by atoms with E-state index in [2.05, 4.69) is 13.8 Å². The number of rotatable bonds is 2. The molecular weight excluding hydrogens is 160 g/mol. The van der Waals surface area contributed by atoms with Gasteiger partial charge in [0.2, 0.25) is 0 Å². The summed E-state index contributed by atoms with van der Waals surface area (Å²) in [6, 6.07) is 0. The molecular formula is C12H22O. The summed E-state index contributed by atoms with van der Waals surface area (Å²) in [4.78, 5) is 12.0. The van der Waals surface area contributed by atoms with Crippen LogP contribution in [0.3, 0.4) is 0 Å². The minimum Gasteiger partial charge on any atom is -0.294 e. The largest absolute Gasteiger partial charge is 0.294 e. The lowest BCUT2D eigenvalue weighted by atomic mass is 9.80. The molecule has 1 heteroatoms. The van der Waals surface area contributed by atoms with Crippen LogP contribution in [0, 0.1) is 11.3 Å². The van der Waals surface area contributed by atoms with Crippen LogP contribution in [0.5, 0.6) is 0 Å². The van der Waals surface area contributed by atoms with Crippen LogP contribution < -0.4 is 0 Å². The summed E-state index contributed by atoms with van der Waals surface area (Å²) in [5, 5.41) is 0. The van der Waals surface area contributed by atoms with Gasteiger partial charge in [0.1, 0.15) is 0 Å². The number of hydrogen-bond donors (Lipinski definition) is 0. The molecule has 0 amide bonds. The second-order valence-electron chi connectivity index (χ2n) is 5.15. The van der Waals surface area contributed by atoms with Gasteiger partial charge < -0.3 is 0 Å². The monoisotopic (exact) mass is 182 g/mol. The Bertz CT molecular complexity index is 222. The fraction of sp³-hybridized carbons (Fsp3) is 0.750. The van der Waals surface area contributed by atoms with Crippen molar-refractivity contribution in [2.45, 2.75) is 48.5 Å². The highest BCUT2D eigenvalue weighted by molar-refractivity contribution is 6.00. The molecule has 0 aromatic carbocycles. The van der Waals surface area contributed by atoms with Gasteiger partial charge in [0.15, 0.2) is 5.78 Å². The van der Waals surface area contributed by atoms with Crippen molar-refractivity contribution in [3.05, 3.63) is 11.1 Å². The van der Waals surface area contributed by atoms with Crippen molar-refractivity contribution in [1.29, 1.82) is 0 Å². The summed E-state index contributed by atoms with van der Waals surface area (Å²) in [5.74, 6) is 0.610. The molecule has 1 nitrogen and oxygen atoms in total. The van der Waals surface area contributed by atoms with Crippen LogP contribution in [-0.4, -0.2) is 5.78 Å². The average Bonchev–Trinajstić information content (AvgIpc) is 1.82. The predicted octanol–water partition coefficient (Wildman–Crippen LogP) is 3.59. The number of allylic oxidation sites excluding steroid dienone is 2. The van der Waals surface area contributed by atoms with Gasteiger partial charge >= 0.3 is 0 Å². The van der Waals surface area contributed by atoms with Gasteiger partial charge in [-0.15, -0.1) is 0 Å². The van der Waals surface area contributed by atoms with E-state index >= 15 is 0 Å². The topological polar surface area (TPSA) is 17.1 Å². The lowest BCUT2D eigenvalue weighted by Crippen LogP contribution is -2.25. The maximum absolute atomic E-state index is 12.0. The Morgan fingerprint density at radius 3 is 1.54 bits per heavy atom. The van der Waals surface area contributed by atoms with E-state index in [4.69, 9.17) is 0 Å². The molecule has 0 unspecified atom stereocenters. The van der Waals surface area contributed by atoms with Gasteiger partial charge in [-0.05, 0) is 25.3 Å². The van der Waals surface area contributed by atoms with Crippen LogP contribution in [-0.2, 0) is 4.79 Å². The molecule has 0 aliphatic heterocycles. The van der Waals surface area contributed by atoms with Crippen molar-refractivity contribution in [3.63, 3.8) is 0 Å². The lowest BCUT2D eigenvalue weighted by molar-refractivity contribution is -0.123. The van der Waals surface area contributed by atoms with E-state index < -0.39 is 0 Å². The van der Waals surface area contributed by atoms with Crippen LogP contribution in [0.2, 0.25) is 0 Å². The minimum absolute atomic E-state index is 0.253. The summed E-state index contributed by atoms with van der Waals surface area (Å²) in [6.07, 6.45) is 0. The molecule has 0 fully saturated rings. The van der Waals surface area contributed by atoms with E-state index in [9.17, 15) is 4.79 Å². The summed E-state index contributed by atoms with van der Waals surface area (Å²) < 4.78 is 0. The molecule has 0 aliphatic carbocycles. The lowest BCUT2D eigenvalue weighted by Gasteiger charge is -2.22. The number of hydrogen-bond acceptors (Lipinski definition) is 1. The van der Waals surface area contributed by atoms with Crippen LogP contribution in [0.15, 0.2) is 11.1 Å². The van der Waals surface area contributed by atoms with Gasteiger partial charge in [0.05, 0.1) is 0 Å². The summed E-state index contributed by atoms with van der Waals surface area (Å²) in [5.41, 5.74) is 1.89. The first-order chi connectivity index (χ1) is 5.68. The van der Waals surface area contributed by atoms with Crippen molar-refractivity contribution in [2.75, 3.05) is 0 Å². The Balaban J connectivity index is 5.04. The smallest absolute Gasteiger partial charge is 0.164 e. The Morgan fingerprint density at radius 2 is 1.46 bits per heavy atom. The Hall–Kier alpha value is -0.590. The second kappa shape index (κ2) is 4.08. The molecule has 0 aromatic heterocycles. The van der Waals surface area contributed by atoms with E-state index in [0.29, 0.717) is 5.92 Å². The quantitative estimate of drug-likeness (QED) is 0.596. The number of ketones is 1. The highest BCUT2D eigenvalue weighted by atomic mass is 16.1. The highest BCUT2D eigenvalue weighted by Crippen LogP contribution is 2.26. The molecule has 0 aromatic rings. The molecule has 0 spiro atoms. The van der Waals surface area contributed by atoms with Crippen LogP contribution in [0.1, 0.15) is 48.5 Å². The fourth-order valence-electron chi connectivity index (χ4n) is 1.47. The van der Waals surface area contributed by atoms with Crippen molar-refractivity contribution < 1.29 is 4.79 Å². The molecule has 0 heterocycles. The van der Waals surface area contributed by atoms with Crippen molar-refractivity contribution in [3.8, 4) is 0 Å². The zero-order valence-electron chi connectivity index (χ0n) is 9.99. The first-order valence-electron chi connectivity index (χ1n) is 4.90. The zero-order chi connectivity index (χ0) is 10.8. The van der Waals surface area contributed by atoms with E-state index in [-0.39, 0.29) is 11.2 Å². The molecule has 0 saturated heterocycles. The number of carbonyl (C=O) groups is 1. The van der Waals surface area contributed by atoms with Gasteiger partial charge in [0.25, 0.3) is 0 Å². The Kier molecular flexibility index (Phi) is 3.89. The molecule has 0 aliphatic rings. The molecule has 0 rings (SSSR count). The predicted molar refractivity (Wildman–Crippen MR) is 57.7 cm³/mol. The van der Waals surface area contributed by atoms with E-state index in [1.54, 1.807) is 0 Å². The highest BCUT2D eigenvalue weighted by Gasteiger charge is 2.26. The van der Waals surface area contributed by atoms with Gasteiger partial charge in [-0.1, -0.05) is 40.2 Å². The van der Waals surface area contributed by atoms with Gasteiger partial charge in [0, 0.05) is 5.41 Å². The van der Waals surface area contributed by atoms with Crippen molar-refractivity contribution >= 4 is 5.78 Å². The molecule has 0 radical (unpaired) electrons. The standard InChI is InChI=1S/C12H22O/c1-8(2)10(9(3)4)11(13)12(5,6)7/h8H,1-7H3. The summed E-state index contributed by atoms with van der Waals surface area (Å²) in [7, 11) is 0. The molecule has 0 N–H and O–H groups in total. The third kappa shape index (κ3) is 3.33. The number of Topliss-reactive ketones (excluding diaryl/α,β-unsaturated/α-hetero) is 1. The fourth-order valence-corrected chi connectivity index (χ4v) is 1.47. The first-order valence-corrected chi connectivity index (χ1v) is 4.90. The van der Waals surface area contributed by atoms with E-state index in [0.717, 1.165) is 11.1 Å². The second-order valence-corrected chi connectivity index (χ2v) is 5.15. The molecule has 13 heavy (non-hydrogen) atoms. The third-order valence-electron chi connectivity index (χ3n) is 2.04. The van der Waals surface area contributed by atoms with Gasteiger partial charge in [-0.25, -0.2) is 0 Å². The SMILES string of the molecule is CC(C)=C(C(=O)C(C)(C)C)C(C)C. The van der Waals surface area contributed by atoms with E-state index in [1.807, 2.05) is 34.6 Å². The van der Waals surface area contributed by atoms with Crippen LogP contribution in [0.25, 0.3) is 0 Å². The molecule has 76 valence electrons. The van der Waals surface area contributed by atoms with Crippen molar-refractivity contribution in [1.82, 2.24) is 0 Å². The molecule has 0 bridgehead atoms. The minimum atomic E-state index is -0.253. The summed E-state index contributed by atoms with van der Waals surface area (Å²) in [6.45, 7) is 14.1. The maximum atomic E-state index is 12.0. The number of carbonyl (C=O) groups excluding carboxylic acids is 1. The van der Waals surface area contributed by atoms with Gasteiger partial charge in [-0.2, -0.15) is 0 Å². The zero-order valence-corrected chi connectivity index (χ0v) is 9.99. The Morgan fingerprint density at radius 1 is 1.08 bits per heavy atom. The van der Waals surface area contributed by atoms with Crippen LogP contribution >= 0.6 is 0 Å². The normalized spacial score (nSPS) is 11.7. The molecule has 0 saturated carbocycles. The first kappa shape index (κ1) is 12.4. The third-order valence-corrected chi connectivity index (χ3v) is 2.04. The van der Waals surface area contributed by atoms with Crippen LogP contribution in [0.4, 0.5) is 0 Å². The van der Waals surface area contributed by atoms with Crippen molar-refractivity contribution in [2.24, 2.45) is 11.3 Å².